The number of piperidine rings is 1. The number of aliphatic hydroxyl groups is 1. The lowest BCUT2D eigenvalue weighted by Gasteiger charge is -2.38. The molecular formula is C20H34N4O2S. The molecule has 0 aliphatic carbocycles. The van der Waals surface area contributed by atoms with Gasteiger partial charge >= 0.3 is 0 Å². The van der Waals surface area contributed by atoms with Crippen molar-refractivity contribution in [3.63, 3.8) is 0 Å². The van der Waals surface area contributed by atoms with Gasteiger partial charge in [-0.1, -0.05) is 20.8 Å². The van der Waals surface area contributed by atoms with E-state index in [0.717, 1.165) is 43.4 Å². The number of likely N-dealkylation sites (tertiary alicyclic amines) is 1. The highest BCUT2D eigenvalue weighted by atomic mass is 32.1. The summed E-state index contributed by atoms with van der Waals surface area (Å²) in [6, 6.07) is 0. The Bertz CT molecular complexity index is 639. The molecule has 6 nitrogen and oxygen atoms in total. The number of hydrogen-bond acceptors (Lipinski definition) is 6. The van der Waals surface area contributed by atoms with Crippen LogP contribution in [0.15, 0.2) is 5.38 Å². The molecule has 152 valence electrons. The lowest BCUT2D eigenvalue weighted by Crippen LogP contribution is -2.46. The van der Waals surface area contributed by atoms with Gasteiger partial charge in [0.05, 0.1) is 12.2 Å². The van der Waals surface area contributed by atoms with E-state index in [1.165, 1.54) is 0 Å². The standard InChI is InChI=1S/C20H34N4O2S/c1-19(2,3)13-18(25)24-7-5-20(26,6-8-24)16-15-27-17(21-16)14-23-11-9-22(4)10-12-23/h15,26H,5-14H2,1-4H3. The van der Waals surface area contributed by atoms with Crippen LogP contribution in [0.4, 0.5) is 0 Å². The smallest absolute Gasteiger partial charge is 0.223 e. The molecule has 0 unspecified atom stereocenters. The number of aromatic nitrogens is 1. The summed E-state index contributed by atoms with van der Waals surface area (Å²) >= 11 is 1.64. The Labute approximate surface area is 167 Å². The van der Waals surface area contributed by atoms with Gasteiger partial charge in [-0.3, -0.25) is 9.69 Å². The lowest BCUT2D eigenvalue weighted by molar-refractivity contribution is -0.137. The number of hydrogen-bond donors (Lipinski definition) is 1. The Balaban J connectivity index is 1.55. The van der Waals surface area contributed by atoms with E-state index in [9.17, 15) is 9.90 Å². The van der Waals surface area contributed by atoms with Crippen molar-refractivity contribution in [2.24, 2.45) is 5.41 Å². The van der Waals surface area contributed by atoms with E-state index in [1.54, 1.807) is 11.3 Å². The number of amides is 1. The molecule has 0 radical (unpaired) electrons. The molecule has 1 aromatic rings. The van der Waals surface area contributed by atoms with Gasteiger partial charge in [0.2, 0.25) is 5.91 Å². The lowest BCUT2D eigenvalue weighted by atomic mass is 9.87. The Morgan fingerprint density at radius 1 is 1.19 bits per heavy atom. The fourth-order valence-electron chi connectivity index (χ4n) is 3.74. The number of carbonyl (C=O) groups is 1. The van der Waals surface area contributed by atoms with Crippen LogP contribution in [0.25, 0.3) is 0 Å². The van der Waals surface area contributed by atoms with Gasteiger partial charge < -0.3 is 14.9 Å². The molecule has 2 aliphatic rings. The van der Waals surface area contributed by atoms with E-state index in [0.29, 0.717) is 32.4 Å². The minimum Gasteiger partial charge on any atom is -0.383 e. The van der Waals surface area contributed by atoms with Crippen LogP contribution >= 0.6 is 11.3 Å². The van der Waals surface area contributed by atoms with Crippen LogP contribution in [-0.2, 0) is 16.9 Å². The second-order valence-electron chi connectivity index (χ2n) is 9.36. The third kappa shape index (κ3) is 5.50. The van der Waals surface area contributed by atoms with E-state index >= 15 is 0 Å². The van der Waals surface area contributed by atoms with Crippen LogP contribution in [0.3, 0.4) is 0 Å². The maximum atomic E-state index is 12.4. The fourth-order valence-corrected chi connectivity index (χ4v) is 4.67. The summed E-state index contributed by atoms with van der Waals surface area (Å²) in [7, 11) is 2.16. The molecular weight excluding hydrogens is 360 g/mol. The second kappa shape index (κ2) is 8.15. The molecule has 3 heterocycles. The van der Waals surface area contributed by atoms with Crippen LogP contribution in [0.5, 0.6) is 0 Å². The van der Waals surface area contributed by atoms with Crippen molar-refractivity contribution < 1.29 is 9.90 Å². The summed E-state index contributed by atoms with van der Waals surface area (Å²) in [5, 5.41) is 14.2. The highest BCUT2D eigenvalue weighted by molar-refractivity contribution is 7.09. The first-order chi connectivity index (χ1) is 12.6. The number of rotatable bonds is 4. The Hall–Kier alpha value is -1.02. The Morgan fingerprint density at radius 2 is 1.81 bits per heavy atom. The first-order valence-corrected chi connectivity index (χ1v) is 10.9. The van der Waals surface area contributed by atoms with Gasteiger partial charge in [0.1, 0.15) is 10.6 Å². The van der Waals surface area contributed by atoms with Gasteiger partial charge in [0.25, 0.3) is 0 Å². The third-order valence-electron chi connectivity index (χ3n) is 5.61. The number of thiazole rings is 1. The third-order valence-corrected chi connectivity index (χ3v) is 6.44. The van der Waals surface area contributed by atoms with Gasteiger partial charge in [-0.2, -0.15) is 0 Å². The zero-order valence-electron chi connectivity index (χ0n) is 17.2. The number of likely N-dealkylation sites (N-methyl/N-ethyl adjacent to an activating group) is 1. The van der Waals surface area contributed by atoms with Crippen LogP contribution in [0, 0.1) is 5.41 Å². The van der Waals surface area contributed by atoms with Crippen molar-refractivity contribution in [1.82, 2.24) is 19.7 Å². The van der Waals surface area contributed by atoms with Gasteiger partial charge in [-0.25, -0.2) is 4.98 Å². The highest BCUT2D eigenvalue weighted by Gasteiger charge is 2.38. The normalized spacial score (nSPS) is 22.2. The molecule has 2 saturated heterocycles. The van der Waals surface area contributed by atoms with Gasteiger partial charge in [0, 0.05) is 51.1 Å². The molecule has 0 saturated carbocycles. The first-order valence-electron chi connectivity index (χ1n) is 10.0. The number of piperazine rings is 1. The number of nitrogens with zero attached hydrogens (tertiary/aromatic N) is 4. The van der Waals surface area contributed by atoms with E-state index in [1.807, 2.05) is 10.3 Å². The fraction of sp³-hybridized carbons (Fsp3) is 0.800. The molecule has 1 N–H and O–H groups in total. The summed E-state index contributed by atoms with van der Waals surface area (Å²) in [6.45, 7) is 12.7. The molecule has 1 amide bonds. The molecule has 3 rings (SSSR count). The first kappa shape index (κ1) is 20.7. The molecule has 0 bridgehead atoms. The zero-order valence-corrected chi connectivity index (χ0v) is 18.0. The van der Waals surface area contributed by atoms with E-state index in [4.69, 9.17) is 4.98 Å². The van der Waals surface area contributed by atoms with Gasteiger partial charge in [-0.15, -0.1) is 11.3 Å². The SMILES string of the molecule is CN1CCN(Cc2nc(C3(O)CCN(C(=O)CC(C)(C)C)CC3)cs2)CC1. The quantitative estimate of drug-likeness (QED) is 0.848. The van der Waals surface area contributed by atoms with Crippen molar-refractivity contribution in [3.8, 4) is 0 Å². The van der Waals surface area contributed by atoms with Crippen molar-refractivity contribution in [2.45, 2.75) is 52.2 Å². The molecule has 0 spiro atoms. The highest BCUT2D eigenvalue weighted by Crippen LogP contribution is 2.34. The summed E-state index contributed by atoms with van der Waals surface area (Å²) in [5.74, 6) is 0.193. The predicted octanol–water partition coefficient (Wildman–Crippen LogP) is 2.14. The summed E-state index contributed by atoms with van der Waals surface area (Å²) in [4.78, 5) is 23.9. The van der Waals surface area contributed by atoms with Crippen molar-refractivity contribution >= 4 is 17.2 Å². The Kier molecular flexibility index (Phi) is 6.25. The molecule has 2 fully saturated rings. The molecule has 0 aromatic carbocycles. The Morgan fingerprint density at radius 3 is 2.41 bits per heavy atom. The summed E-state index contributed by atoms with van der Waals surface area (Å²) in [6.07, 6.45) is 1.69. The van der Waals surface area contributed by atoms with Crippen molar-refractivity contribution in [3.05, 3.63) is 16.1 Å². The van der Waals surface area contributed by atoms with E-state index in [2.05, 4.69) is 37.6 Å². The summed E-state index contributed by atoms with van der Waals surface area (Å²) < 4.78 is 0. The molecule has 1 aromatic heterocycles. The molecule has 0 atom stereocenters. The van der Waals surface area contributed by atoms with E-state index < -0.39 is 5.60 Å². The average Bonchev–Trinajstić information content (AvgIpc) is 3.05. The topological polar surface area (TPSA) is 59.9 Å². The van der Waals surface area contributed by atoms with Gasteiger partial charge in [-0.05, 0) is 25.3 Å². The van der Waals surface area contributed by atoms with Crippen LogP contribution < -0.4 is 0 Å². The molecule has 7 heteroatoms. The van der Waals surface area contributed by atoms with Crippen molar-refractivity contribution in [2.75, 3.05) is 46.3 Å². The predicted molar refractivity (Wildman–Crippen MR) is 109 cm³/mol. The van der Waals surface area contributed by atoms with Crippen molar-refractivity contribution in [1.29, 1.82) is 0 Å². The maximum Gasteiger partial charge on any atom is 0.223 e. The largest absolute Gasteiger partial charge is 0.383 e. The second-order valence-corrected chi connectivity index (χ2v) is 10.3. The summed E-state index contributed by atoms with van der Waals surface area (Å²) in [5.41, 5.74) is -0.104. The molecule has 27 heavy (non-hydrogen) atoms. The monoisotopic (exact) mass is 394 g/mol. The minimum atomic E-state index is -0.893. The average molecular weight is 395 g/mol. The van der Waals surface area contributed by atoms with Crippen LogP contribution in [0.2, 0.25) is 0 Å². The van der Waals surface area contributed by atoms with E-state index in [-0.39, 0.29) is 11.3 Å². The maximum absolute atomic E-state index is 12.4. The van der Waals surface area contributed by atoms with Gasteiger partial charge in [0.15, 0.2) is 0 Å². The van der Waals surface area contributed by atoms with Crippen LogP contribution in [-0.4, -0.2) is 77.0 Å². The minimum absolute atomic E-state index is 0.00208. The molecule has 2 aliphatic heterocycles. The zero-order chi connectivity index (χ0) is 19.7. The number of carbonyl (C=O) groups excluding carboxylic acids is 1. The van der Waals surface area contributed by atoms with Crippen LogP contribution in [0.1, 0.15) is 50.7 Å².